The Hall–Kier alpha value is -2.11. The average Bonchev–Trinajstić information content (AvgIpc) is 2.84. The smallest absolute Gasteiger partial charge is 0.243 e. The highest BCUT2D eigenvalue weighted by atomic mass is 32.2. The molecule has 10 nitrogen and oxygen atoms in total. The highest BCUT2D eigenvalue weighted by Crippen LogP contribution is 2.06. The van der Waals surface area contributed by atoms with Crippen LogP contribution in [0.3, 0.4) is 0 Å². The number of aromatic nitrogens is 5. The molecule has 0 atom stereocenters. The van der Waals surface area contributed by atoms with Gasteiger partial charge < -0.3 is 0 Å². The molecule has 0 aliphatic heterocycles. The quantitative estimate of drug-likeness (QED) is 0.428. The number of nitrogen functional groups attached to an aromatic ring is 1. The van der Waals surface area contributed by atoms with Gasteiger partial charge in [-0.15, -0.1) is 0 Å². The molecule has 11 heteroatoms. The van der Waals surface area contributed by atoms with Crippen LogP contribution in [0.1, 0.15) is 5.82 Å². The summed E-state index contributed by atoms with van der Waals surface area (Å²) in [6, 6.07) is 0. The normalized spacial score (nSPS) is 11.5. The molecule has 0 saturated heterocycles. The van der Waals surface area contributed by atoms with Gasteiger partial charge in [-0.25, -0.2) is 33.9 Å². The topological polar surface area (TPSA) is 141 Å². The van der Waals surface area contributed by atoms with Crippen LogP contribution in [-0.2, 0) is 23.5 Å². The number of nitrogens with one attached hydrogen (secondary N) is 2. The van der Waals surface area contributed by atoms with Crippen LogP contribution in [0, 0.1) is 0 Å². The zero-order chi connectivity index (χ0) is 14.6. The van der Waals surface area contributed by atoms with Gasteiger partial charge in [0, 0.05) is 20.0 Å². The highest BCUT2D eigenvalue weighted by Gasteiger charge is 2.15. The summed E-state index contributed by atoms with van der Waals surface area (Å²) in [5, 5.41) is 4.05. The molecule has 2 rings (SSSR count). The molecule has 0 unspecified atom stereocenters. The molecule has 0 aliphatic rings. The number of hydrogen-bond donors (Lipinski definition) is 3. The maximum Gasteiger partial charge on any atom is 0.243 e. The fourth-order valence-electron chi connectivity index (χ4n) is 1.41. The Labute approximate surface area is 115 Å². The Morgan fingerprint density at radius 3 is 2.55 bits per heavy atom. The molecule has 0 bridgehead atoms. The molecule has 0 fully saturated rings. The van der Waals surface area contributed by atoms with Gasteiger partial charge in [0.15, 0.2) is 5.82 Å². The van der Waals surface area contributed by atoms with Gasteiger partial charge in [-0.05, 0) is 0 Å². The van der Waals surface area contributed by atoms with Crippen LogP contribution in [-0.4, -0.2) is 39.7 Å². The Balaban J connectivity index is 1.96. The van der Waals surface area contributed by atoms with Gasteiger partial charge in [-0.2, -0.15) is 5.10 Å². The van der Waals surface area contributed by atoms with E-state index >= 15 is 0 Å². The maximum absolute atomic E-state index is 11.9. The van der Waals surface area contributed by atoms with E-state index in [-0.39, 0.29) is 17.4 Å². The average molecular weight is 298 g/mol. The first-order valence-electron chi connectivity index (χ1n) is 5.64. The van der Waals surface area contributed by atoms with Crippen LogP contribution < -0.4 is 16.0 Å². The third-order valence-electron chi connectivity index (χ3n) is 2.36. The second-order valence-electron chi connectivity index (χ2n) is 3.87. The number of aryl methyl sites for hydroxylation is 1. The molecule has 2 heterocycles. The van der Waals surface area contributed by atoms with E-state index in [0.29, 0.717) is 12.2 Å². The van der Waals surface area contributed by atoms with Crippen LogP contribution >= 0.6 is 0 Å². The summed E-state index contributed by atoms with van der Waals surface area (Å²) in [5.41, 5.74) is 2.22. The van der Waals surface area contributed by atoms with E-state index < -0.39 is 10.0 Å². The first-order chi connectivity index (χ1) is 9.51. The lowest BCUT2D eigenvalue weighted by molar-refractivity contribution is 0.579. The summed E-state index contributed by atoms with van der Waals surface area (Å²) in [5.74, 6) is 5.80. The van der Waals surface area contributed by atoms with E-state index in [1.165, 1.54) is 12.4 Å². The first-order valence-corrected chi connectivity index (χ1v) is 7.12. The molecule has 0 saturated carbocycles. The minimum Gasteiger partial charge on any atom is -0.292 e. The fourth-order valence-corrected chi connectivity index (χ4v) is 2.33. The monoisotopic (exact) mass is 298 g/mol. The van der Waals surface area contributed by atoms with E-state index in [0.717, 1.165) is 0 Å². The predicted octanol–water partition coefficient (Wildman–Crippen LogP) is -1.59. The molecule has 108 valence electrons. The molecule has 0 aliphatic carbocycles. The lowest BCUT2D eigenvalue weighted by Crippen LogP contribution is -2.26. The van der Waals surface area contributed by atoms with Gasteiger partial charge >= 0.3 is 0 Å². The number of anilines is 1. The fraction of sp³-hybridized carbons (Fsp3) is 0.333. The molecular formula is C9H14N8O2S. The van der Waals surface area contributed by atoms with Gasteiger partial charge in [0.1, 0.15) is 11.2 Å². The Morgan fingerprint density at radius 2 is 2.00 bits per heavy atom. The standard InChI is InChI=1S/C9H14N8O2S/c1-17-6-13-8(16-17)2-3-14-20(18,19)7-4-11-9(15-10)12-5-7/h4-6,14H,2-3,10H2,1H3,(H,11,12,15). The summed E-state index contributed by atoms with van der Waals surface area (Å²) < 4.78 is 27.9. The second kappa shape index (κ2) is 5.90. The van der Waals surface area contributed by atoms with Gasteiger partial charge in [0.05, 0.1) is 12.4 Å². The summed E-state index contributed by atoms with van der Waals surface area (Å²) in [6.45, 7) is 0.184. The minimum atomic E-state index is -3.65. The van der Waals surface area contributed by atoms with Crippen LogP contribution in [0.25, 0.3) is 0 Å². The molecule has 0 spiro atoms. The van der Waals surface area contributed by atoms with E-state index in [1.54, 1.807) is 18.1 Å². The summed E-state index contributed by atoms with van der Waals surface area (Å²) in [6.07, 6.45) is 4.28. The Morgan fingerprint density at radius 1 is 1.30 bits per heavy atom. The number of hydrogen-bond acceptors (Lipinski definition) is 8. The first kappa shape index (κ1) is 14.3. The maximum atomic E-state index is 11.9. The van der Waals surface area contributed by atoms with Crippen molar-refractivity contribution >= 4 is 16.0 Å². The predicted molar refractivity (Wildman–Crippen MR) is 69.7 cm³/mol. The van der Waals surface area contributed by atoms with Crippen LogP contribution in [0.15, 0.2) is 23.6 Å². The Bertz CT molecular complexity index is 666. The zero-order valence-corrected chi connectivity index (χ0v) is 11.5. The molecule has 0 radical (unpaired) electrons. The second-order valence-corrected chi connectivity index (χ2v) is 5.64. The summed E-state index contributed by atoms with van der Waals surface area (Å²) in [7, 11) is -1.91. The van der Waals surface area contributed by atoms with Crippen molar-refractivity contribution in [1.29, 1.82) is 0 Å². The number of hydrazine groups is 1. The van der Waals surface area contributed by atoms with Crippen molar-refractivity contribution in [3.8, 4) is 0 Å². The van der Waals surface area contributed by atoms with Gasteiger partial charge in [0.2, 0.25) is 16.0 Å². The highest BCUT2D eigenvalue weighted by molar-refractivity contribution is 7.89. The van der Waals surface area contributed by atoms with Gasteiger partial charge in [-0.1, -0.05) is 0 Å². The lowest BCUT2D eigenvalue weighted by atomic mass is 10.4. The van der Waals surface area contributed by atoms with E-state index in [9.17, 15) is 8.42 Å². The van der Waals surface area contributed by atoms with E-state index in [1.807, 2.05) is 0 Å². The third kappa shape index (κ3) is 3.46. The molecule has 0 amide bonds. The van der Waals surface area contributed by atoms with E-state index in [4.69, 9.17) is 5.84 Å². The number of rotatable bonds is 6. The molecule has 20 heavy (non-hydrogen) atoms. The number of nitrogens with two attached hydrogens (primary N) is 1. The number of nitrogens with zero attached hydrogens (tertiary/aromatic N) is 5. The lowest BCUT2D eigenvalue weighted by Gasteiger charge is -2.05. The van der Waals surface area contributed by atoms with Crippen LogP contribution in [0.2, 0.25) is 0 Å². The van der Waals surface area contributed by atoms with Crippen molar-refractivity contribution in [3.05, 3.63) is 24.5 Å². The van der Waals surface area contributed by atoms with Crippen LogP contribution in [0.5, 0.6) is 0 Å². The SMILES string of the molecule is Cn1cnc(CCNS(=O)(=O)c2cnc(NN)nc2)n1. The molecule has 0 aromatic carbocycles. The molecule has 4 N–H and O–H groups in total. The Kier molecular flexibility index (Phi) is 4.22. The van der Waals surface area contributed by atoms with Crippen molar-refractivity contribution in [2.24, 2.45) is 12.9 Å². The van der Waals surface area contributed by atoms with Crippen molar-refractivity contribution in [3.63, 3.8) is 0 Å². The molecule has 2 aromatic rings. The molecule has 2 aromatic heterocycles. The van der Waals surface area contributed by atoms with Crippen molar-refractivity contribution in [2.45, 2.75) is 11.3 Å². The largest absolute Gasteiger partial charge is 0.292 e. The van der Waals surface area contributed by atoms with Crippen molar-refractivity contribution in [1.82, 2.24) is 29.5 Å². The van der Waals surface area contributed by atoms with Gasteiger partial charge in [0.25, 0.3) is 0 Å². The zero-order valence-electron chi connectivity index (χ0n) is 10.7. The van der Waals surface area contributed by atoms with Crippen molar-refractivity contribution in [2.75, 3.05) is 12.0 Å². The van der Waals surface area contributed by atoms with Crippen LogP contribution in [0.4, 0.5) is 5.95 Å². The number of sulfonamides is 1. The van der Waals surface area contributed by atoms with E-state index in [2.05, 4.69) is 30.2 Å². The minimum absolute atomic E-state index is 0.0366. The summed E-state index contributed by atoms with van der Waals surface area (Å²) >= 11 is 0. The third-order valence-corrected chi connectivity index (χ3v) is 3.77. The summed E-state index contributed by atoms with van der Waals surface area (Å²) in [4.78, 5) is 11.4. The van der Waals surface area contributed by atoms with Gasteiger partial charge in [-0.3, -0.25) is 10.1 Å². The molecular weight excluding hydrogens is 284 g/mol. The van der Waals surface area contributed by atoms with Crippen molar-refractivity contribution < 1.29 is 8.42 Å².